The van der Waals surface area contributed by atoms with Gasteiger partial charge in [-0.05, 0) is 54.6 Å². The van der Waals surface area contributed by atoms with Gasteiger partial charge in [-0.25, -0.2) is 0 Å². The van der Waals surface area contributed by atoms with Crippen LogP contribution in [0.1, 0.15) is 11.6 Å². The minimum Gasteiger partial charge on any atom is -0.508 e. The summed E-state index contributed by atoms with van der Waals surface area (Å²) in [5.74, 6) is -0.272. The number of phenols is 1. The van der Waals surface area contributed by atoms with Crippen LogP contribution in [0.5, 0.6) is 5.75 Å². The molecule has 0 unspecified atom stereocenters. The third-order valence-corrected chi connectivity index (χ3v) is 5.76. The van der Waals surface area contributed by atoms with Crippen LogP contribution in [0.3, 0.4) is 0 Å². The predicted molar refractivity (Wildman–Crippen MR) is 119 cm³/mol. The molecule has 31 heavy (non-hydrogen) atoms. The van der Waals surface area contributed by atoms with Crippen molar-refractivity contribution >= 4 is 56.2 Å². The lowest BCUT2D eigenvalue weighted by Gasteiger charge is -2.44. The van der Waals surface area contributed by atoms with Crippen molar-refractivity contribution in [3.63, 3.8) is 0 Å². The average molecular weight is 502 g/mol. The summed E-state index contributed by atoms with van der Waals surface area (Å²) in [7, 11) is 0. The topological polar surface area (TPSA) is 108 Å². The summed E-state index contributed by atoms with van der Waals surface area (Å²) in [4.78, 5) is 24.2. The number of benzene rings is 3. The highest BCUT2D eigenvalue weighted by Crippen LogP contribution is 2.46. The Morgan fingerprint density at radius 2 is 1.61 bits per heavy atom. The molecule has 3 aromatic rings. The van der Waals surface area contributed by atoms with Crippen molar-refractivity contribution in [1.82, 2.24) is 0 Å². The van der Waals surface area contributed by atoms with Crippen LogP contribution >= 0.6 is 27.5 Å². The van der Waals surface area contributed by atoms with Crippen molar-refractivity contribution in [3.05, 3.63) is 86.9 Å². The summed E-state index contributed by atoms with van der Waals surface area (Å²) in [6, 6.07) is 16.9. The first-order valence-electron chi connectivity index (χ1n) is 9.07. The van der Waals surface area contributed by atoms with Gasteiger partial charge in [-0.3, -0.25) is 14.9 Å². The number of β-lactam (4-membered cyclic amide) rings is 1. The SMILES string of the molecule is O=C1[C@@H](Cl)[C@@H](c2cc(N=Nc3ccc([N+](=O)[O-])cc3)ccc2O)N1c1ccc(Br)cc1. The van der Waals surface area contributed by atoms with E-state index < -0.39 is 16.3 Å². The molecular formula is C21H14BrClN4O4. The maximum atomic E-state index is 12.4. The van der Waals surface area contributed by atoms with Gasteiger partial charge in [0, 0.05) is 27.9 Å². The Morgan fingerprint density at radius 1 is 1.00 bits per heavy atom. The van der Waals surface area contributed by atoms with Gasteiger partial charge >= 0.3 is 0 Å². The number of amides is 1. The number of azo groups is 1. The number of aromatic hydroxyl groups is 1. The smallest absolute Gasteiger partial charge is 0.269 e. The number of anilines is 1. The molecule has 0 saturated carbocycles. The molecule has 1 saturated heterocycles. The first-order valence-corrected chi connectivity index (χ1v) is 10.3. The van der Waals surface area contributed by atoms with Crippen LogP contribution in [-0.4, -0.2) is 21.3 Å². The fraction of sp³-hybridized carbons (Fsp3) is 0.0952. The number of nitro benzene ring substituents is 1. The van der Waals surface area contributed by atoms with Gasteiger partial charge in [0.05, 0.1) is 22.3 Å². The number of phenolic OH excluding ortho intramolecular Hbond substituents is 1. The van der Waals surface area contributed by atoms with Crippen molar-refractivity contribution in [3.8, 4) is 5.75 Å². The number of nitro groups is 1. The third kappa shape index (κ3) is 4.14. The molecule has 3 aromatic carbocycles. The highest BCUT2D eigenvalue weighted by atomic mass is 79.9. The second-order valence-corrected chi connectivity index (χ2v) is 8.13. The predicted octanol–water partition coefficient (Wildman–Crippen LogP) is 6.17. The second-order valence-electron chi connectivity index (χ2n) is 6.75. The molecule has 0 aliphatic carbocycles. The van der Waals surface area contributed by atoms with E-state index in [2.05, 4.69) is 26.2 Å². The monoisotopic (exact) mass is 500 g/mol. The van der Waals surface area contributed by atoms with Gasteiger partial charge in [0.25, 0.3) is 5.69 Å². The van der Waals surface area contributed by atoms with Crippen molar-refractivity contribution in [2.45, 2.75) is 11.4 Å². The molecule has 1 aliphatic heterocycles. The standard InChI is InChI=1S/C21H14BrClN4O4/c22-12-1-6-15(7-2-12)26-20(19(23)21(26)29)17-11-14(5-10-18(17)28)25-24-13-3-8-16(9-4-13)27(30)31/h1-11,19-20,28H/t19-,20+/m0/s1. The van der Waals surface area contributed by atoms with Gasteiger partial charge in [-0.15, -0.1) is 11.6 Å². The Balaban J connectivity index is 1.61. The molecule has 0 aromatic heterocycles. The summed E-state index contributed by atoms with van der Waals surface area (Å²) >= 11 is 9.66. The molecule has 0 bridgehead atoms. The lowest BCUT2D eigenvalue weighted by molar-refractivity contribution is -0.384. The Morgan fingerprint density at radius 3 is 2.26 bits per heavy atom. The minimum absolute atomic E-state index is 0.0143. The van der Waals surface area contributed by atoms with Gasteiger partial charge in [0.2, 0.25) is 5.91 Å². The first kappa shape index (κ1) is 21.0. The van der Waals surface area contributed by atoms with Crippen LogP contribution in [0.2, 0.25) is 0 Å². The van der Waals surface area contributed by atoms with Crippen LogP contribution in [0.15, 0.2) is 81.4 Å². The lowest BCUT2D eigenvalue weighted by Crippen LogP contribution is -2.56. The van der Waals surface area contributed by atoms with E-state index >= 15 is 0 Å². The van der Waals surface area contributed by atoms with E-state index in [0.29, 0.717) is 22.6 Å². The molecule has 1 N–H and O–H groups in total. The van der Waals surface area contributed by atoms with E-state index in [4.69, 9.17) is 11.6 Å². The summed E-state index contributed by atoms with van der Waals surface area (Å²) in [5, 5.41) is 28.5. The number of rotatable bonds is 5. The number of alkyl halides is 1. The molecule has 10 heteroatoms. The van der Waals surface area contributed by atoms with Gasteiger partial charge in [-0.2, -0.15) is 10.2 Å². The van der Waals surface area contributed by atoms with Crippen LogP contribution in [0.4, 0.5) is 22.7 Å². The largest absolute Gasteiger partial charge is 0.508 e. The summed E-state index contributed by atoms with van der Waals surface area (Å²) in [6.07, 6.45) is 0. The van der Waals surface area contributed by atoms with Gasteiger partial charge < -0.3 is 10.0 Å². The molecule has 1 amide bonds. The Labute approximate surface area is 190 Å². The van der Waals surface area contributed by atoms with E-state index in [-0.39, 0.29) is 17.3 Å². The van der Waals surface area contributed by atoms with Gasteiger partial charge in [0.15, 0.2) is 0 Å². The zero-order valence-corrected chi connectivity index (χ0v) is 18.1. The number of carbonyl (C=O) groups excluding carboxylic acids is 1. The van der Waals surface area contributed by atoms with E-state index in [1.54, 1.807) is 24.3 Å². The first-order chi connectivity index (χ1) is 14.8. The van der Waals surface area contributed by atoms with E-state index in [1.165, 1.54) is 35.2 Å². The number of carbonyl (C=O) groups is 1. The van der Waals surface area contributed by atoms with Crippen molar-refractivity contribution < 1.29 is 14.8 Å². The van der Waals surface area contributed by atoms with Crippen LogP contribution in [0, 0.1) is 10.1 Å². The van der Waals surface area contributed by atoms with E-state index in [9.17, 15) is 20.0 Å². The molecular weight excluding hydrogens is 488 g/mol. The van der Waals surface area contributed by atoms with Crippen LogP contribution < -0.4 is 4.90 Å². The molecule has 8 nitrogen and oxygen atoms in total. The van der Waals surface area contributed by atoms with Crippen molar-refractivity contribution in [1.29, 1.82) is 0 Å². The van der Waals surface area contributed by atoms with Gasteiger partial charge in [-0.1, -0.05) is 15.9 Å². The highest BCUT2D eigenvalue weighted by Gasteiger charge is 2.49. The summed E-state index contributed by atoms with van der Waals surface area (Å²) < 4.78 is 0.875. The fourth-order valence-electron chi connectivity index (χ4n) is 3.24. The molecule has 2 atom stereocenters. The molecule has 156 valence electrons. The minimum atomic E-state index is -0.823. The summed E-state index contributed by atoms with van der Waals surface area (Å²) in [5.41, 5.74) is 1.94. The Hall–Kier alpha value is -3.30. The molecule has 1 heterocycles. The maximum absolute atomic E-state index is 12.4. The number of non-ortho nitro benzene ring substituents is 1. The van der Waals surface area contributed by atoms with Crippen LogP contribution in [0.25, 0.3) is 0 Å². The number of hydrogen-bond donors (Lipinski definition) is 1. The quantitative estimate of drug-likeness (QED) is 0.148. The normalized spacial score (nSPS) is 18.3. The maximum Gasteiger partial charge on any atom is 0.269 e. The average Bonchev–Trinajstić information content (AvgIpc) is 2.77. The summed E-state index contributed by atoms with van der Waals surface area (Å²) in [6.45, 7) is 0. The highest BCUT2D eigenvalue weighted by molar-refractivity contribution is 9.10. The van der Waals surface area contributed by atoms with E-state index in [1.807, 2.05) is 12.1 Å². The molecule has 0 radical (unpaired) electrons. The van der Waals surface area contributed by atoms with Crippen molar-refractivity contribution in [2.75, 3.05) is 4.90 Å². The molecule has 1 fully saturated rings. The fourth-order valence-corrected chi connectivity index (χ4v) is 3.86. The lowest BCUT2D eigenvalue weighted by atomic mass is 9.91. The Bertz CT molecular complexity index is 1180. The number of nitrogens with zero attached hydrogens (tertiary/aromatic N) is 4. The van der Waals surface area contributed by atoms with Crippen LogP contribution in [-0.2, 0) is 4.79 Å². The number of halogens is 2. The van der Waals surface area contributed by atoms with E-state index in [0.717, 1.165) is 4.47 Å². The second kappa shape index (κ2) is 8.44. The number of hydrogen-bond acceptors (Lipinski definition) is 6. The Kier molecular flexibility index (Phi) is 5.71. The van der Waals surface area contributed by atoms with Crippen molar-refractivity contribution in [2.24, 2.45) is 10.2 Å². The molecule has 4 rings (SSSR count). The molecule has 1 aliphatic rings. The third-order valence-electron chi connectivity index (χ3n) is 4.80. The zero-order chi connectivity index (χ0) is 22.1. The zero-order valence-electron chi connectivity index (χ0n) is 15.7. The molecule has 0 spiro atoms. The van der Waals surface area contributed by atoms with Gasteiger partial charge in [0.1, 0.15) is 11.1 Å².